The molecule has 0 aliphatic rings. The van der Waals surface area contributed by atoms with E-state index < -0.39 is 10.4 Å². The van der Waals surface area contributed by atoms with Gasteiger partial charge in [-0.05, 0) is 0 Å². The number of rotatable bonds is 1. The average molecular weight is 184 g/mol. The third-order valence-electron chi connectivity index (χ3n) is 0.249. The molecule has 7 heteroatoms. The molecule has 0 bridgehead atoms. The van der Waals surface area contributed by atoms with Crippen LogP contribution in [-0.2, 0) is 19.9 Å². The van der Waals surface area contributed by atoms with E-state index >= 15 is 0 Å². The van der Waals surface area contributed by atoms with Gasteiger partial charge in [-0.3, -0.25) is 13.9 Å². The monoisotopic (exact) mass is 184 g/mol. The van der Waals surface area contributed by atoms with Gasteiger partial charge in [-0.15, -0.1) is 0 Å². The van der Waals surface area contributed by atoms with Crippen molar-refractivity contribution in [1.29, 1.82) is 0 Å². The van der Waals surface area contributed by atoms with Gasteiger partial charge in [0.1, 0.15) is 0 Å². The van der Waals surface area contributed by atoms with E-state index in [0.717, 1.165) is 6.26 Å². The SMILES string of the molecule is C=COC(C)=O.O=S(=O)(O)O. The Labute approximate surface area is 64.1 Å². The van der Waals surface area contributed by atoms with Crippen molar-refractivity contribution in [3.05, 3.63) is 12.8 Å². The van der Waals surface area contributed by atoms with Crippen LogP contribution in [0.1, 0.15) is 6.92 Å². The summed E-state index contributed by atoms with van der Waals surface area (Å²) in [6.45, 7) is 4.48. The molecule has 0 rings (SSSR count). The molecule has 0 aromatic rings. The van der Waals surface area contributed by atoms with Crippen molar-refractivity contribution < 1.29 is 27.1 Å². The van der Waals surface area contributed by atoms with Crippen LogP contribution in [0.2, 0.25) is 0 Å². The average Bonchev–Trinajstić information content (AvgIpc) is 1.58. The zero-order chi connectivity index (χ0) is 9.49. The van der Waals surface area contributed by atoms with Gasteiger partial charge in [0, 0.05) is 6.92 Å². The lowest BCUT2D eigenvalue weighted by Crippen LogP contribution is -1.89. The van der Waals surface area contributed by atoms with Crippen molar-refractivity contribution in [2.45, 2.75) is 6.92 Å². The van der Waals surface area contributed by atoms with E-state index in [4.69, 9.17) is 17.5 Å². The molecule has 2 N–H and O–H groups in total. The third kappa shape index (κ3) is 105. The van der Waals surface area contributed by atoms with Gasteiger partial charge in [0.25, 0.3) is 0 Å². The molecule has 0 heterocycles. The summed E-state index contributed by atoms with van der Waals surface area (Å²) >= 11 is 0. The van der Waals surface area contributed by atoms with Gasteiger partial charge in [-0.1, -0.05) is 6.58 Å². The predicted octanol–water partition coefficient (Wildman–Crippen LogP) is 0.0402. The molecule has 0 aromatic carbocycles. The molecule has 0 saturated carbocycles. The second-order valence-electron chi connectivity index (χ2n) is 1.22. The highest BCUT2D eigenvalue weighted by Crippen LogP contribution is 1.70. The Hall–Kier alpha value is -0.920. The van der Waals surface area contributed by atoms with E-state index in [1.807, 2.05) is 0 Å². The molecular weight excluding hydrogens is 176 g/mol. The lowest BCUT2D eigenvalue weighted by molar-refractivity contribution is -0.135. The molecule has 0 unspecified atom stereocenters. The van der Waals surface area contributed by atoms with Crippen molar-refractivity contribution in [3.8, 4) is 0 Å². The van der Waals surface area contributed by atoms with Crippen LogP contribution in [0.15, 0.2) is 12.8 Å². The van der Waals surface area contributed by atoms with Gasteiger partial charge in [0.05, 0.1) is 6.26 Å². The number of ether oxygens (including phenoxy) is 1. The van der Waals surface area contributed by atoms with Gasteiger partial charge in [0.15, 0.2) is 0 Å². The minimum Gasteiger partial charge on any atom is -0.435 e. The summed E-state index contributed by atoms with van der Waals surface area (Å²) in [7, 11) is -4.67. The van der Waals surface area contributed by atoms with Gasteiger partial charge >= 0.3 is 16.4 Å². The Morgan fingerprint density at radius 1 is 1.55 bits per heavy atom. The summed E-state index contributed by atoms with van der Waals surface area (Å²) in [6.07, 6.45) is 1.10. The fourth-order valence-electron chi connectivity index (χ4n) is 0.117. The normalized spacial score (nSPS) is 9.00. The summed E-state index contributed by atoms with van der Waals surface area (Å²) in [5, 5.41) is 0. The summed E-state index contributed by atoms with van der Waals surface area (Å²) in [4.78, 5) is 9.75. The van der Waals surface area contributed by atoms with E-state index in [-0.39, 0.29) is 5.97 Å². The van der Waals surface area contributed by atoms with Crippen LogP contribution in [0.25, 0.3) is 0 Å². The van der Waals surface area contributed by atoms with Crippen LogP contribution in [0.4, 0.5) is 0 Å². The lowest BCUT2D eigenvalue weighted by Gasteiger charge is -1.83. The van der Waals surface area contributed by atoms with Gasteiger partial charge in [-0.2, -0.15) is 8.42 Å². The van der Waals surface area contributed by atoms with E-state index in [1.54, 1.807) is 0 Å². The van der Waals surface area contributed by atoms with Gasteiger partial charge < -0.3 is 4.74 Å². The maximum atomic E-state index is 9.75. The Balaban J connectivity index is 0. The Kier molecular flexibility index (Phi) is 6.75. The second kappa shape index (κ2) is 5.83. The first kappa shape index (κ1) is 12.7. The van der Waals surface area contributed by atoms with E-state index in [9.17, 15) is 4.79 Å². The molecule has 0 aliphatic carbocycles. The predicted molar refractivity (Wildman–Crippen MR) is 36.1 cm³/mol. The molecular formula is C4H8O6S. The minimum absolute atomic E-state index is 0.329. The van der Waals surface area contributed by atoms with Crippen LogP contribution >= 0.6 is 0 Å². The van der Waals surface area contributed by atoms with Crippen LogP contribution < -0.4 is 0 Å². The first-order valence-corrected chi connectivity index (χ1v) is 3.65. The van der Waals surface area contributed by atoms with E-state index in [1.165, 1.54) is 6.92 Å². The van der Waals surface area contributed by atoms with Crippen LogP contribution in [0.3, 0.4) is 0 Å². The van der Waals surface area contributed by atoms with Crippen molar-refractivity contribution >= 4 is 16.4 Å². The maximum Gasteiger partial charge on any atom is 0.394 e. The molecule has 0 amide bonds. The quantitative estimate of drug-likeness (QED) is 0.339. The number of hydrogen-bond donors (Lipinski definition) is 2. The summed E-state index contributed by atoms with van der Waals surface area (Å²) in [5.41, 5.74) is 0. The Morgan fingerprint density at radius 3 is 1.82 bits per heavy atom. The molecule has 11 heavy (non-hydrogen) atoms. The number of esters is 1. The molecule has 6 nitrogen and oxygen atoms in total. The van der Waals surface area contributed by atoms with E-state index in [0.29, 0.717) is 0 Å². The summed E-state index contributed by atoms with van der Waals surface area (Å²) in [5.74, 6) is -0.329. The molecule has 0 aliphatic heterocycles. The Bertz CT molecular complexity index is 207. The lowest BCUT2D eigenvalue weighted by atomic mass is 10.8. The fraction of sp³-hybridized carbons (Fsp3) is 0.250. The molecule has 66 valence electrons. The first-order chi connectivity index (χ1) is 4.77. The van der Waals surface area contributed by atoms with Crippen molar-refractivity contribution in [2.75, 3.05) is 0 Å². The topological polar surface area (TPSA) is 101 Å². The maximum absolute atomic E-state index is 9.75. The molecule has 0 radical (unpaired) electrons. The molecule has 0 saturated heterocycles. The van der Waals surface area contributed by atoms with Crippen LogP contribution in [0, 0.1) is 0 Å². The molecule has 0 aromatic heterocycles. The standard InChI is InChI=1S/C4H6O2.H2O4S/c1-3-6-4(2)5;1-5(2,3)4/h3H,1H2,2H3;(H2,1,2,3,4). The molecule has 0 spiro atoms. The van der Waals surface area contributed by atoms with Crippen LogP contribution in [0.5, 0.6) is 0 Å². The Morgan fingerprint density at radius 2 is 1.82 bits per heavy atom. The summed E-state index contributed by atoms with van der Waals surface area (Å²) in [6, 6.07) is 0. The number of hydrogen-bond acceptors (Lipinski definition) is 4. The van der Waals surface area contributed by atoms with Crippen molar-refractivity contribution in [3.63, 3.8) is 0 Å². The van der Waals surface area contributed by atoms with Crippen molar-refractivity contribution in [2.24, 2.45) is 0 Å². The highest BCUT2D eigenvalue weighted by atomic mass is 32.3. The zero-order valence-corrected chi connectivity index (χ0v) is 6.54. The first-order valence-electron chi connectivity index (χ1n) is 2.25. The van der Waals surface area contributed by atoms with Crippen molar-refractivity contribution in [1.82, 2.24) is 0 Å². The molecule has 0 atom stereocenters. The highest BCUT2D eigenvalue weighted by Gasteiger charge is 1.84. The van der Waals surface area contributed by atoms with Gasteiger partial charge in [0.2, 0.25) is 0 Å². The second-order valence-corrected chi connectivity index (χ2v) is 2.12. The third-order valence-corrected chi connectivity index (χ3v) is 0.249. The zero-order valence-electron chi connectivity index (χ0n) is 5.72. The minimum atomic E-state index is -4.67. The summed E-state index contributed by atoms with van der Waals surface area (Å²) < 4.78 is 35.8. The van der Waals surface area contributed by atoms with Gasteiger partial charge in [-0.25, -0.2) is 0 Å². The van der Waals surface area contributed by atoms with Crippen LogP contribution in [-0.4, -0.2) is 23.5 Å². The fourth-order valence-corrected chi connectivity index (χ4v) is 0.117. The van der Waals surface area contributed by atoms with E-state index in [2.05, 4.69) is 11.3 Å². The molecule has 0 fully saturated rings. The largest absolute Gasteiger partial charge is 0.435 e. The smallest absolute Gasteiger partial charge is 0.394 e. The highest BCUT2D eigenvalue weighted by molar-refractivity contribution is 7.79. The number of carbonyl (C=O) groups is 1. The number of carbonyl (C=O) groups excluding carboxylic acids is 1.